The molecular formula is C28H33N5O4S. The topological polar surface area (TPSA) is 105 Å². The van der Waals surface area contributed by atoms with E-state index in [4.69, 9.17) is 4.74 Å². The Morgan fingerprint density at radius 3 is 2.42 bits per heavy atom. The number of anilines is 1. The molecule has 0 spiro atoms. The van der Waals surface area contributed by atoms with Crippen LogP contribution in [0.25, 0.3) is 11.3 Å². The summed E-state index contributed by atoms with van der Waals surface area (Å²) in [5.74, 6) is 0.119. The second-order valence-electron chi connectivity index (χ2n) is 10.5. The minimum atomic E-state index is -4.08. The Hall–Kier alpha value is -3.50. The molecule has 0 saturated carbocycles. The van der Waals surface area contributed by atoms with Crippen molar-refractivity contribution in [3.63, 3.8) is 0 Å². The highest BCUT2D eigenvalue weighted by Gasteiger charge is 2.35. The number of hydrogen-bond acceptors (Lipinski definition) is 7. The van der Waals surface area contributed by atoms with Gasteiger partial charge in [0.15, 0.2) is 0 Å². The number of fused-ring (bicyclic) bond motifs is 6. The van der Waals surface area contributed by atoms with E-state index in [0.29, 0.717) is 30.9 Å². The molecule has 1 aromatic heterocycles. The summed E-state index contributed by atoms with van der Waals surface area (Å²) in [5.41, 5.74) is 3.76. The lowest BCUT2D eigenvalue weighted by Gasteiger charge is -2.34. The van der Waals surface area contributed by atoms with Gasteiger partial charge in [-0.2, -0.15) is 4.98 Å². The van der Waals surface area contributed by atoms with Crippen molar-refractivity contribution < 1.29 is 17.9 Å². The van der Waals surface area contributed by atoms with Gasteiger partial charge in [0.05, 0.1) is 17.1 Å². The third kappa shape index (κ3) is 5.10. The molecule has 3 heterocycles. The molecule has 1 fully saturated rings. The second-order valence-corrected chi connectivity index (χ2v) is 12.2. The van der Waals surface area contributed by atoms with Crippen LogP contribution in [0.4, 0.5) is 5.95 Å². The Labute approximate surface area is 223 Å². The number of carbonyl (C=O) groups is 1. The van der Waals surface area contributed by atoms with E-state index in [1.807, 2.05) is 44.0 Å². The van der Waals surface area contributed by atoms with E-state index in [1.54, 1.807) is 18.2 Å². The van der Waals surface area contributed by atoms with Crippen LogP contribution < -0.4 is 9.46 Å². The summed E-state index contributed by atoms with van der Waals surface area (Å²) >= 11 is 0. The van der Waals surface area contributed by atoms with E-state index in [2.05, 4.69) is 33.4 Å². The van der Waals surface area contributed by atoms with Gasteiger partial charge in [0.1, 0.15) is 6.10 Å². The zero-order valence-electron chi connectivity index (χ0n) is 22.3. The lowest BCUT2D eigenvalue weighted by molar-refractivity contribution is 0.0553. The van der Waals surface area contributed by atoms with Crippen LogP contribution in [0.3, 0.4) is 0 Å². The Bertz CT molecular complexity index is 1470. The van der Waals surface area contributed by atoms with Crippen LogP contribution >= 0.6 is 0 Å². The molecule has 2 atom stereocenters. The van der Waals surface area contributed by atoms with Crippen LogP contribution in [0.15, 0.2) is 53.4 Å². The molecule has 5 rings (SSSR count). The van der Waals surface area contributed by atoms with Crippen molar-refractivity contribution in [1.29, 1.82) is 0 Å². The van der Waals surface area contributed by atoms with Gasteiger partial charge in [-0.05, 0) is 56.1 Å². The van der Waals surface area contributed by atoms with Gasteiger partial charge in [-0.25, -0.2) is 18.1 Å². The van der Waals surface area contributed by atoms with Crippen molar-refractivity contribution in [2.45, 2.75) is 44.7 Å². The molecule has 6 bridgehead atoms. The van der Waals surface area contributed by atoms with Gasteiger partial charge in [0, 0.05) is 36.3 Å². The van der Waals surface area contributed by atoms with Crippen molar-refractivity contribution in [2.24, 2.45) is 5.92 Å². The van der Waals surface area contributed by atoms with E-state index in [9.17, 15) is 13.2 Å². The lowest BCUT2D eigenvalue weighted by atomic mass is 10.00. The number of hydrogen-bond donors (Lipinski definition) is 1. The number of nitrogens with one attached hydrogen (secondary N) is 1. The third-order valence-electron chi connectivity index (χ3n) is 7.19. The van der Waals surface area contributed by atoms with E-state index in [0.717, 1.165) is 16.7 Å². The van der Waals surface area contributed by atoms with Crippen LogP contribution in [-0.2, 0) is 10.0 Å². The number of nitrogens with zero attached hydrogens (tertiary/aromatic N) is 4. The highest BCUT2D eigenvalue weighted by Crippen LogP contribution is 2.31. The Morgan fingerprint density at radius 2 is 1.71 bits per heavy atom. The SMILES string of the molecule is Cc1cccc(C)c1-c1cc2nc(n1)NS(=O)(=O)c1cccc(c1)C(=O)N1C[C@@H](CN(C)C[C@@H]1C(C)C)O2. The maximum Gasteiger partial charge on any atom is 0.264 e. The monoisotopic (exact) mass is 535 g/mol. The van der Waals surface area contributed by atoms with E-state index in [-0.39, 0.29) is 40.7 Å². The van der Waals surface area contributed by atoms with Crippen molar-refractivity contribution in [3.8, 4) is 17.1 Å². The van der Waals surface area contributed by atoms with E-state index >= 15 is 0 Å². The van der Waals surface area contributed by atoms with Crippen LogP contribution in [0, 0.1) is 19.8 Å². The molecule has 1 N–H and O–H groups in total. The van der Waals surface area contributed by atoms with Gasteiger partial charge < -0.3 is 14.5 Å². The van der Waals surface area contributed by atoms with Crippen LogP contribution in [0.2, 0.25) is 0 Å². The van der Waals surface area contributed by atoms with Crippen LogP contribution in [0.1, 0.15) is 35.3 Å². The first-order valence-corrected chi connectivity index (χ1v) is 14.2. The molecule has 3 aromatic rings. The van der Waals surface area contributed by atoms with Crippen LogP contribution in [0.5, 0.6) is 5.88 Å². The number of ether oxygens (including phenoxy) is 1. The first kappa shape index (κ1) is 26.1. The zero-order chi connectivity index (χ0) is 27.2. The normalized spacial score (nSPS) is 21.4. The van der Waals surface area contributed by atoms with Gasteiger partial charge in [0.2, 0.25) is 11.8 Å². The Morgan fingerprint density at radius 1 is 1.00 bits per heavy atom. The number of carbonyl (C=O) groups excluding carboxylic acids is 1. The first-order chi connectivity index (χ1) is 18.0. The molecule has 200 valence electrons. The lowest BCUT2D eigenvalue weighted by Crippen LogP contribution is -2.48. The number of sulfonamides is 1. The van der Waals surface area contributed by atoms with Crippen molar-refractivity contribution in [3.05, 3.63) is 65.2 Å². The number of benzene rings is 2. The number of rotatable bonds is 2. The summed E-state index contributed by atoms with van der Waals surface area (Å²) < 4.78 is 35.7. The number of aromatic nitrogens is 2. The smallest absolute Gasteiger partial charge is 0.264 e. The molecule has 2 aliphatic rings. The number of aryl methyl sites for hydroxylation is 2. The molecule has 1 amide bonds. The van der Waals surface area contributed by atoms with E-state index in [1.165, 1.54) is 12.1 Å². The maximum atomic E-state index is 13.8. The minimum Gasteiger partial charge on any atom is -0.471 e. The van der Waals surface area contributed by atoms with Gasteiger partial charge in [-0.15, -0.1) is 0 Å². The molecule has 38 heavy (non-hydrogen) atoms. The third-order valence-corrected chi connectivity index (χ3v) is 8.52. The Kier molecular flexibility index (Phi) is 6.87. The van der Waals surface area contributed by atoms with Crippen molar-refractivity contribution in [1.82, 2.24) is 19.8 Å². The van der Waals surface area contributed by atoms with Gasteiger partial charge in [0.25, 0.3) is 15.9 Å². The summed E-state index contributed by atoms with van der Waals surface area (Å²) in [6.07, 6.45) is -0.387. The quantitative estimate of drug-likeness (QED) is 0.533. The first-order valence-electron chi connectivity index (χ1n) is 12.8. The Balaban J connectivity index is 1.70. The maximum absolute atomic E-state index is 13.8. The van der Waals surface area contributed by atoms with Gasteiger partial charge in [-0.1, -0.05) is 38.1 Å². The molecule has 10 heteroatoms. The highest BCUT2D eigenvalue weighted by molar-refractivity contribution is 7.92. The molecule has 1 saturated heterocycles. The van der Waals surface area contributed by atoms with Gasteiger partial charge >= 0.3 is 0 Å². The average molecular weight is 536 g/mol. The second kappa shape index (κ2) is 9.99. The average Bonchev–Trinajstić information content (AvgIpc) is 3.01. The van der Waals surface area contributed by atoms with Crippen molar-refractivity contribution >= 4 is 21.9 Å². The molecule has 2 aromatic carbocycles. The van der Waals surface area contributed by atoms with E-state index < -0.39 is 10.0 Å². The molecular weight excluding hydrogens is 502 g/mol. The predicted octanol–water partition coefficient (Wildman–Crippen LogP) is 3.73. The summed E-state index contributed by atoms with van der Waals surface area (Å²) in [4.78, 5) is 26.8. The highest BCUT2D eigenvalue weighted by atomic mass is 32.2. The molecule has 0 aliphatic carbocycles. The summed E-state index contributed by atoms with van der Waals surface area (Å²) in [6.45, 7) is 9.74. The summed E-state index contributed by atoms with van der Waals surface area (Å²) in [6, 6.07) is 13.7. The predicted molar refractivity (Wildman–Crippen MR) is 146 cm³/mol. The molecule has 0 unspecified atom stereocenters. The number of likely N-dealkylation sites (N-methyl/N-ethyl adjacent to an activating group) is 1. The standard InChI is InChI=1S/C28H33N5O4S/c1-17(2)24-16-32(5)14-21-15-33(24)27(34)20-10-7-11-22(12-20)38(35,36)31-28-29-23(13-25(30-28)37-21)26-18(3)8-6-9-19(26)4/h6-13,17,21,24H,14-16H2,1-5H3,(H,29,30,31)/t21-,24-/m1/s1. The van der Waals surface area contributed by atoms with Gasteiger partial charge in [-0.3, -0.25) is 4.79 Å². The fraction of sp³-hybridized carbons (Fsp3) is 0.393. The van der Waals surface area contributed by atoms with Crippen LogP contribution in [-0.4, -0.2) is 72.9 Å². The fourth-order valence-corrected chi connectivity index (χ4v) is 6.31. The summed E-state index contributed by atoms with van der Waals surface area (Å²) in [5, 5.41) is 0. The van der Waals surface area contributed by atoms with Crippen molar-refractivity contribution in [2.75, 3.05) is 31.4 Å². The fourth-order valence-electron chi connectivity index (χ4n) is 5.32. The molecule has 2 aliphatic heterocycles. The number of amides is 1. The molecule has 9 nitrogen and oxygen atoms in total. The minimum absolute atomic E-state index is 0.0317. The zero-order valence-corrected chi connectivity index (χ0v) is 23.1. The molecule has 0 radical (unpaired) electrons. The summed E-state index contributed by atoms with van der Waals surface area (Å²) in [7, 11) is -2.06. The largest absolute Gasteiger partial charge is 0.471 e.